The lowest BCUT2D eigenvalue weighted by Crippen LogP contribution is -2.31. The molecule has 8 heteroatoms. The quantitative estimate of drug-likeness (QED) is 0.490. The molecule has 0 radical (unpaired) electrons. The molecule has 0 aliphatic carbocycles. The van der Waals surface area contributed by atoms with Gasteiger partial charge in [-0.25, -0.2) is 13.1 Å². The van der Waals surface area contributed by atoms with Crippen LogP contribution in [0.5, 0.6) is 5.75 Å². The lowest BCUT2D eigenvalue weighted by atomic mass is 10.1. The van der Waals surface area contributed by atoms with Gasteiger partial charge in [0.15, 0.2) is 0 Å². The van der Waals surface area contributed by atoms with Crippen molar-refractivity contribution in [3.8, 4) is 5.75 Å². The van der Waals surface area contributed by atoms with E-state index in [1.54, 1.807) is 6.92 Å². The minimum Gasteiger partial charge on any atom is -0.506 e. The maximum atomic E-state index is 10.8. The number of pyridine rings is 1. The van der Waals surface area contributed by atoms with E-state index in [0.29, 0.717) is 29.9 Å². The third-order valence-electron chi connectivity index (χ3n) is 2.57. The highest BCUT2D eigenvalue weighted by Gasteiger charge is 2.10. The van der Waals surface area contributed by atoms with E-state index in [1.165, 1.54) is 6.20 Å². The zero-order valence-corrected chi connectivity index (χ0v) is 11.8. The summed E-state index contributed by atoms with van der Waals surface area (Å²) in [4.78, 5) is 3.96. The summed E-state index contributed by atoms with van der Waals surface area (Å²) in [5.41, 5.74) is 1.62. The van der Waals surface area contributed by atoms with Gasteiger partial charge in [-0.15, -0.1) is 0 Å². The maximum absolute atomic E-state index is 10.8. The van der Waals surface area contributed by atoms with Gasteiger partial charge in [-0.2, -0.15) is 0 Å². The molecule has 0 amide bonds. The first kappa shape index (κ1) is 15.8. The topological polar surface area (TPSA) is 112 Å². The molecule has 0 bridgehead atoms. The van der Waals surface area contributed by atoms with E-state index in [-0.39, 0.29) is 18.9 Å². The van der Waals surface area contributed by atoms with E-state index in [4.69, 9.17) is 0 Å². The number of aliphatic hydroxyl groups excluding tert-OH is 1. The normalized spacial score (nSPS) is 11.7. The van der Waals surface area contributed by atoms with Gasteiger partial charge in [0.2, 0.25) is 10.0 Å². The SMILES string of the molecule is Cc1ncc(CO)c(CNCCNS(C)(=O)=O)c1O. The fourth-order valence-corrected chi connectivity index (χ4v) is 2.03. The molecule has 1 rings (SSSR count). The predicted molar refractivity (Wildman–Crippen MR) is 71.1 cm³/mol. The Morgan fingerprint density at radius 3 is 2.63 bits per heavy atom. The summed E-state index contributed by atoms with van der Waals surface area (Å²) >= 11 is 0. The number of hydrogen-bond acceptors (Lipinski definition) is 6. The number of aliphatic hydroxyl groups is 1. The number of nitrogens with one attached hydrogen (secondary N) is 2. The average molecular weight is 289 g/mol. The van der Waals surface area contributed by atoms with Crippen LogP contribution in [0.2, 0.25) is 0 Å². The molecule has 0 saturated heterocycles. The first-order chi connectivity index (χ1) is 8.85. The van der Waals surface area contributed by atoms with E-state index >= 15 is 0 Å². The molecule has 0 aromatic carbocycles. The van der Waals surface area contributed by atoms with Gasteiger partial charge in [0.25, 0.3) is 0 Å². The van der Waals surface area contributed by atoms with Crippen molar-refractivity contribution in [1.29, 1.82) is 0 Å². The monoisotopic (exact) mass is 289 g/mol. The second-order valence-electron chi connectivity index (χ2n) is 4.20. The zero-order valence-electron chi connectivity index (χ0n) is 11.0. The van der Waals surface area contributed by atoms with Crippen LogP contribution >= 0.6 is 0 Å². The van der Waals surface area contributed by atoms with Crippen LogP contribution in [0.1, 0.15) is 16.8 Å². The third kappa shape index (κ3) is 5.11. The molecule has 19 heavy (non-hydrogen) atoms. The molecule has 0 aliphatic heterocycles. The minimum atomic E-state index is -3.19. The summed E-state index contributed by atoms with van der Waals surface area (Å²) in [6.07, 6.45) is 2.61. The van der Waals surface area contributed by atoms with Crippen molar-refractivity contribution in [2.24, 2.45) is 0 Å². The molecule has 0 spiro atoms. The van der Waals surface area contributed by atoms with E-state index in [0.717, 1.165) is 6.26 Å². The first-order valence-corrected chi connectivity index (χ1v) is 7.67. The first-order valence-electron chi connectivity index (χ1n) is 5.77. The molecule has 0 saturated carbocycles. The Hall–Kier alpha value is -1.22. The Bertz CT molecular complexity index is 531. The second kappa shape index (κ2) is 6.80. The van der Waals surface area contributed by atoms with Crippen molar-refractivity contribution < 1.29 is 18.6 Å². The number of rotatable bonds is 7. The number of aromatic hydroxyl groups is 1. The van der Waals surface area contributed by atoms with Crippen LogP contribution < -0.4 is 10.0 Å². The van der Waals surface area contributed by atoms with E-state index in [9.17, 15) is 18.6 Å². The Morgan fingerprint density at radius 2 is 2.05 bits per heavy atom. The Balaban J connectivity index is 2.56. The fourth-order valence-electron chi connectivity index (χ4n) is 1.56. The van der Waals surface area contributed by atoms with Crippen LogP contribution in [-0.2, 0) is 23.2 Å². The van der Waals surface area contributed by atoms with Crippen LogP contribution in [0, 0.1) is 6.92 Å². The van der Waals surface area contributed by atoms with Gasteiger partial charge >= 0.3 is 0 Å². The summed E-state index contributed by atoms with van der Waals surface area (Å²) in [6.45, 7) is 2.47. The van der Waals surface area contributed by atoms with Crippen molar-refractivity contribution >= 4 is 10.0 Å². The lowest BCUT2D eigenvalue weighted by Gasteiger charge is -2.12. The number of sulfonamides is 1. The number of nitrogens with zero attached hydrogens (tertiary/aromatic N) is 1. The summed E-state index contributed by atoms with van der Waals surface area (Å²) in [6, 6.07) is 0. The number of aryl methyl sites for hydroxylation is 1. The largest absolute Gasteiger partial charge is 0.506 e. The predicted octanol–water partition coefficient (Wildman–Crippen LogP) is -0.773. The van der Waals surface area contributed by atoms with Crippen LogP contribution in [0.4, 0.5) is 0 Å². The summed E-state index contributed by atoms with van der Waals surface area (Å²) in [7, 11) is -3.19. The molecule has 1 heterocycles. The minimum absolute atomic E-state index is 0.0510. The van der Waals surface area contributed by atoms with Crippen LogP contribution in [0.15, 0.2) is 6.20 Å². The molecule has 7 nitrogen and oxygen atoms in total. The van der Waals surface area contributed by atoms with Crippen molar-refractivity contribution in [1.82, 2.24) is 15.0 Å². The van der Waals surface area contributed by atoms with Crippen LogP contribution in [-0.4, -0.2) is 43.0 Å². The average Bonchev–Trinajstić information content (AvgIpc) is 2.32. The molecular formula is C11H19N3O4S. The molecular weight excluding hydrogens is 270 g/mol. The van der Waals surface area contributed by atoms with Gasteiger partial charge in [0.05, 0.1) is 18.6 Å². The smallest absolute Gasteiger partial charge is 0.208 e. The molecule has 4 N–H and O–H groups in total. The van der Waals surface area contributed by atoms with Gasteiger partial charge in [-0.05, 0) is 6.92 Å². The summed E-state index contributed by atoms with van der Waals surface area (Å²) in [5, 5.41) is 22.0. The standard InChI is InChI=1S/C11H19N3O4S/c1-8-11(16)10(9(7-15)5-13-8)6-12-3-4-14-19(2,17)18/h5,12,14-16H,3-4,6-7H2,1-2H3. The van der Waals surface area contributed by atoms with E-state index < -0.39 is 10.0 Å². The molecule has 0 unspecified atom stereocenters. The summed E-state index contributed by atoms with van der Waals surface area (Å²) < 4.78 is 24.0. The molecule has 1 aromatic heterocycles. The van der Waals surface area contributed by atoms with E-state index in [2.05, 4.69) is 15.0 Å². The van der Waals surface area contributed by atoms with Gasteiger partial charge in [0.1, 0.15) is 5.75 Å². The van der Waals surface area contributed by atoms with Crippen molar-refractivity contribution in [2.45, 2.75) is 20.1 Å². The third-order valence-corrected chi connectivity index (χ3v) is 3.30. The highest BCUT2D eigenvalue weighted by Crippen LogP contribution is 2.23. The Morgan fingerprint density at radius 1 is 1.37 bits per heavy atom. The lowest BCUT2D eigenvalue weighted by molar-refractivity contribution is 0.278. The summed E-state index contributed by atoms with van der Waals surface area (Å²) in [5.74, 6) is 0.0510. The highest BCUT2D eigenvalue weighted by molar-refractivity contribution is 7.88. The number of hydrogen-bond donors (Lipinski definition) is 4. The molecule has 1 aromatic rings. The van der Waals surface area contributed by atoms with Crippen molar-refractivity contribution in [3.05, 3.63) is 23.0 Å². The van der Waals surface area contributed by atoms with Crippen LogP contribution in [0.3, 0.4) is 0 Å². The second-order valence-corrected chi connectivity index (χ2v) is 6.03. The van der Waals surface area contributed by atoms with Crippen molar-refractivity contribution in [2.75, 3.05) is 19.3 Å². The van der Waals surface area contributed by atoms with Gasteiger partial charge in [-0.3, -0.25) is 4.98 Å². The Kier molecular flexibility index (Phi) is 5.67. The maximum Gasteiger partial charge on any atom is 0.208 e. The van der Waals surface area contributed by atoms with Crippen LogP contribution in [0.25, 0.3) is 0 Å². The van der Waals surface area contributed by atoms with E-state index in [1.807, 2.05) is 0 Å². The number of aromatic nitrogens is 1. The molecule has 0 aliphatic rings. The fraction of sp³-hybridized carbons (Fsp3) is 0.545. The van der Waals surface area contributed by atoms with Gasteiger partial charge < -0.3 is 15.5 Å². The van der Waals surface area contributed by atoms with Crippen molar-refractivity contribution in [3.63, 3.8) is 0 Å². The molecule has 108 valence electrons. The van der Waals surface area contributed by atoms with Gasteiger partial charge in [0, 0.05) is 37.0 Å². The zero-order chi connectivity index (χ0) is 14.5. The Labute approximate surface area is 112 Å². The molecule has 0 atom stereocenters. The highest BCUT2D eigenvalue weighted by atomic mass is 32.2. The van der Waals surface area contributed by atoms with Gasteiger partial charge in [-0.1, -0.05) is 0 Å². The molecule has 0 fully saturated rings.